The summed E-state index contributed by atoms with van der Waals surface area (Å²) in [6.07, 6.45) is -5.10. The van der Waals surface area contributed by atoms with Gasteiger partial charge in [-0.1, -0.05) is 6.92 Å². The fourth-order valence-corrected chi connectivity index (χ4v) is 2.37. The van der Waals surface area contributed by atoms with E-state index in [0.717, 1.165) is 0 Å². The molecule has 0 bridgehead atoms. The highest BCUT2D eigenvalue weighted by molar-refractivity contribution is 7.89. The standard InChI is InChI=1S/C7H14F3NO2S/c1-3-4-14(12,13)11-6(2)5-7(8,9)10/h6,11H,3-5H2,1-2H3. The van der Waals surface area contributed by atoms with Gasteiger partial charge in [-0.25, -0.2) is 13.1 Å². The normalized spacial score (nSPS) is 15.5. The molecule has 0 amide bonds. The topological polar surface area (TPSA) is 46.2 Å². The van der Waals surface area contributed by atoms with Gasteiger partial charge in [0.05, 0.1) is 12.2 Å². The molecule has 1 N–H and O–H groups in total. The zero-order chi connectivity index (χ0) is 11.4. The molecule has 0 aromatic heterocycles. The van der Waals surface area contributed by atoms with Crippen LogP contribution in [0, 0.1) is 0 Å². The lowest BCUT2D eigenvalue weighted by Gasteiger charge is -2.15. The van der Waals surface area contributed by atoms with Gasteiger partial charge in [0.1, 0.15) is 0 Å². The average molecular weight is 233 g/mol. The summed E-state index contributed by atoms with van der Waals surface area (Å²) in [7, 11) is -3.55. The number of hydrogen-bond donors (Lipinski definition) is 1. The van der Waals surface area contributed by atoms with Crippen LogP contribution in [-0.4, -0.2) is 26.4 Å². The van der Waals surface area contributed by atoms with Crippen LogP contribution in [0.5, 0.6) is 0 Å². The van der Waals surface area contributed by atoms with Crippen molar-refractivity contribution in [3.63, 3.8) is 0 Å². The van der Waals surface area contributed by atoms with E-state index in [4.69, 9.17) is 0 Å². The molecule has 86 valence electrons. The highest BCUT2D eigenvalue weighted by atomic mass is 32.2. The number of halogens is 3. The second-order valence-corrected chi connectivity index (χ2v) is 5.03. The minimum Gasteiger partial charge on any atom is -0.212 e. The predicted octanol–water partition coefficient (Wildman–Crippen LogP) is 1.66. The van der Waals surface area contributed by atoms with E-state index >= 15 is 0 Å². The van der Waals surface area contributed by atoms with Crippen LogP contribution in [0.25, 0.3) is 0 Å². The first-order valence-corrected chi connectivity index (χ1v) is 5.88. The Morgan fingerprint density at radius 3 is 2.21 bits per heavy atom. The number of nitrogens with one attached hydrogen (secondary N) is 1. The molecule has 1 unspecified atom stereocenters. The smallest absolute Gasteiger partial charge is 0.212 e. The van der Waals surface area contributed by atoms with Crippen molar-refractivity contribution >= 4 is 10.0 Å². The molecule has 0 spiro atoms. The summed E-state index contributed by atoms with van der Waals surface area (Å²) >= 11 is 0. The molecule has 1 atom stereocenters. The Kier molecular flexibility index (Phi) is 4.87. The number of hydrogen-bond acceptors (Lipinski definition) is 2. The van der Waals surface area contributed by atoms with Crippen LogP contribution in [0.15, 0.2) is 0 Å². The van der Waals surface area contributed by atoms with Crippen molar-refractivity contribution in [2.24, 2.45) is 0 Å². The number of sulfonamides is 1. The molecule has 0 aliphatic heterocycles. The maximum absolute atomic E-state index is 11.8. The third-order valence-electron chi connectivity index (χ3n) is 1.39. The first kappa shape index (κ1) is 13.7. The van der Waals surface area contributed by atoms with Crippen LogP contribution in [0.2, 0.25) is 0 Å². The van der Waals surface area contributed by atoms with E-state index in [9.17, 15) is 21.6 Å². The van der Waals surface area contributed by atoms with Crippen molar-refractivity contribution in [1.82, 2.24) is 4.72 Å². The summed E-state index contributed by atoms with van der Waals surface area (Å²) in [6, 6.07) is -1.11. The van der Waals surface area contributed by atoms with E-state index in [0.29, 0.717) is 6.42 Å². The quantitative estimate of drug-likeness (QED) is 0.785. The van der Waals surface area contributed by atoms with Crippen molar-refractivity contribution in [3.05, 3.63) is 0 Å². The molecule has 0 radical (unpaired) electrons. The Morgan fingerprint density at radius 1 is 1.36 bits per heavy atom. The Hall–Kier alpha value is -0.300. The van der Waals surface area contributed by atoms with Crippen molar-refractivity contribution in [2.75, 3.05) is 5.75 Å². The maximum atomic E-state index is 11.8. The summed E-state index contributed by atoms with van der Waals surface area (Å²) in [5.74, 6) is -0.144. The lowest BCUT2D eigenvalue weighted by Crippen LogP contribution is -2.37. The van der Waals surface area contributed by atoms with Gasteiger partial charge in [0.25, 0.3) is 0 Å². The molecule has 0 aromatic carbocycles. The zero-order valence-corrected chi connectivity index (χ0v) is 8.87. The van der Waals surface area contributed by atoms with Gasteiger partial charge in [0.15, 0.2) is 0 Å². The van der Waals surface area contributed by atoms with E-state index in [1.54, 1.807) is 6.92 Å². The lowest BCUT2D eigenvalue weighted by molar-refractivity contribution is -0.137. The molecule has 0 aromatic rings. The molecular formula is C7H14F3NO2S. The molecule has 7 heteroatoms. The Balaban J connectivity index is 4.13. The number of alkyl halides is 3. The molecule has 3 nitrogen and oxygen atoms in total. The van der Waals surface area contributed by atoms with Gasteiger partial charge in [-0.15, -0.1) is 0 Å². The number of rotatable bonds is 5. The second-order valence-electron chi connectivity index (χ2n) is 3.16. The van der Waals surface area contributed by atoms with Gasteiger partial charge in [-0.3, -0.25) is 0 Å². The first-order chi connectivity index (χ1) is 6.16. The molecule has 0 saturated carbocycles. The maximum Gasteiger partial charge on any atom is 0.390 e. The molecule has 14 heavy (non-hydrogen) atoms. The van der Waals surface area contributed by atoms with Crippen molar-refractivity contribution in [1.29, 1.82) is 0 Å². The fourth-order valence-electron chi connectivity index (χ4n) is 1.02. The van der Waals surface area contributed by atoms with E-state index in [-0.39, 0.29) is 5.75 Å². The Labute approximate surface area is 81.7 Å². The van der Waals surface area contributed by atoms with Crippen molar-refractivity contribution < 1.29 is 21.6 Å². The summed E-state index contributed by atoms with van der Waals surface area (Å²) < 4.78 is 59.6. The van der Waals surface area contributed by atoms with Crippen LogP contribution in [0.1, 0.15) is 26.7 Å². The Morgan fingerprint density at radius 2 is 1.86 bits per heavy atom. The van der Waals surface area contributed by atoms with Gasteiger partial charge >= 0.3 is 6.18 Å². The van der Waals surface area contributed by atoms with E-state index in [2.05, 4.69) is 0 Å². The van der Waals surface area contributed by atoms with Gasteiger partial charge in [-0.2, -0.15) is 13.2 Å². The molecule has 0 fully saturated rings. The second kappa shape index (κ2) is 4.97. The summed E-state index contributed by atoms with van der Waals surface area (Å²) in [5.41, 5.74) is 0. The Bertz CT molecular complexity index is 261. The largest absolute Gasteiger partial charge is 0.390 e. The molecule has 0 saturated heterocycles. The highest BCUT2D eigenvalue weighted by Crippen LogP contribution is 2.21. The fraction of sp³-hybridized carbons (Fsp3) is 1.00. The highest BCUT2D eigenvalue weighted by Gasteiger charge is 2.31. The molecule has 0 aliphatic carbocycles. The summed E-state index contributed by atoms with van der Waals surface area (Å²) in [6.45, 7) is 2.84. The third-order valence-corrected chi connectivity index (χ3v) is 3.10. The van der Waals surface area contributed by atoms with E-state index in [1.165, 1.54) is 6.92 Å². The van der Waals surface area contributed by atoms with Crippen LogP contribution in [-0.2, 0) is 10.0 Å². The first-order valence-electron chi connectivity index (χ1n) is 4.23. The lowest BCUT2D eigenvalue weighted by atomic mass is 10.2. The van der Waals surface area contributed by atoms with E-state index < -0.39 is 28.7 Å². The molecule has 0 aliphatic rings. The molecular weight excluding hydrogens is 219 g/mol. The SMILES string of the molecule is CCCS(=O)(=O)NC(C)CC(F)(F)F. The zero-order valence-electron chi connectivity index (χ0n) is 8.06. The average Bonchev–Trinajstić information content (AvgIpc) is 1.78. The van der Waals surface area contributed by atoms with Gasteiger partial charge in [-0.05, 0) is 13.3 Å². The van der Waals surface area contributed by atoms with Crippen LogP contribution in [0.4, 0.5) is 13.2 Å². The summed E-state index contributed by atoms with van der Waals surface area (Å²) in [4.78, 5) is 0. The summed E-state index contributed by atoms with van der Waals surface area (Å²) in [5, 5.41) is 0. The monoisotopic (exact) mass is 233 g/mol. The predicted molar refractivity (Wildman–Crippen MR) is 47.3 cm³/mol. The van der Waals surface area contributed by atoms with Crippen LogP contribution in [0.3, 0.4) is 0 Å². The van der Waals surface area contributed by atoms with Gasteiger partial charge in [0.2, 0.25) is 10.0 Å². The van der Waals surface area contributed by atoms with Crippen LogP contribution >= 0.6 is 0 Å². The van der Waals surface area contributed by atoms with Gasteiger partial charge in [0, 0.05) is 6.04 Å². The van der Waals surface area contributed by atoms with Gasteiger partial charge < -0.3 is 0 Å². The van der Waals surface area contributed by atoms with Crippen LogP contribution < -0.4 is 4.72 Å². The minimum atomic E-state index is -4.34. The van der Waals surface area contributed by atoms with E-state index in [1.807, 2.05) is 4.72 Å². The minimum absolute atomic E-state index is 0.144. The van der Waals surface area contributed by atoms with Crippen molar-refractivity contribution in [2.45, 2.75) is 38.9 Å². The third kappa shape index (κ3) is 7.14. The molecule has 0 heterocycles. The van der Waals surface area contributed by atoms with Crippen molar-refractivity contribution in [3.8, 4) is 0 Å². The molecule has 0 rings (SSSR count).